The Balaban J connectivity index is 1.54. The Bertz CT molecular complexity index is 878. The van der Waals surface area contributed by atoms with Crippen LogP contribution in [0.15, 0.2) is 66.0 Å². The fraction of sp³-hybridized carbons (Fsp3) is 0.150. The average Bonchev–Trinajstić information content (AvgIpc) is 3.11. The van der Waals surface area contributed by atoms with Crippen LogP contribution in [0.1, 0.15) is 12.5 Å². The smallest absolute Gasteiger partial charge is 0.311 e. The zero-order valence-corrected chi connectivity index (χ0v) is 15.0. The molecule has 0 fully saturated rings. The van der Waals surface area contributed by atoms with E-state index in [1.54, 1.807) is 6.92 Å². The predicted octanol–water partition coefficient (Wildman–Crippen LogP) is 3.92. The van der Waals surface area contributed by atoms with Crippen LogP contribution in [0.4, 0.5) is 5.13 Å². The number of esters is 1. The fourth-order valence-corrected chi connectivity index (χ4v) is 3.06. The lowest BCUT2D eigenvalue weighted by Crippen LogP contribution is -2.30. The molecule has 1 unspecified atom stereocenters. The summed E-state index contributed by atoms with van der Waals surface area (Å²) < 4.78 is 5.21. The standard InChI is InChI=1S/C20H18N2O3S/c1-14(25-18(23)12-15-8-4-2-5-9-15)19(24)22-20-21-17(13-26-20)16-10-6-3-7-11-16/h2-11,13-14H,12H2,1H3,(H,21,22,24). The first kappa shape index (κ1) is 17.8. The van der Waals surface area contributed by atoms with Crippen molar-refractivity contribution in [1.29, 1.82) is 0 Å². The second-order valence-corrected chi connectivity index (χ2v) is 6.55. The van der Waals surface area contributed by atoms with E-state index in [-0.39, 0.29) is 6.42 Å². The summed E-state index contributed by atoms with van der Waals surface area (Å²) in [5.41, 5.74) is 2.61. The van der Waals surface area contributed by atoms with Crippen LogP contribution < -0.4 is 5.32 Å². The van der Waals surface area contributed by atoms with E-state index < -0.39 is 18.0 Å². The van der Waals surface area contributed by atoms with Crippen molar-refractivity contribution >= 4 is 28.3 Å². The number of hydrogen-bond acceptors (Lipinski definition) is 5. The minimum absolute atomic E-state index is 0.133. The summed E-state index contributed by atoms with van der Waals surface area (Å²) >= 11 is 1.33. The lowest BCUT2D eigenvalue weighted by Gasteiger charge is -2.12. The van der Waals surface area contributed by atoms with Crippen LogP contribution in [0, 0.1) is 0 Å². The Kier molecular flexibility index (Phi) is 5.76. The van der Waals surface area contributed by atoms with Gasteiger partial charge < -0.3 is 4.74 Å². The van der Waals surface area contributed by atoms with Gasteiger partial charge in [-0.3, -0.25) is 14.9 Å². The van der Waals surface area contributed by atoms with E-state index in [4.69, 9.17) is 4.74 Å². The van der Waals surface area contributed by atoms with E-state index in [2.05, 4.69) is 10.3 Å². The summed E-state index contributed by atoms with van der Waals surface area (Å²) in [6.07, 6.45) is -0.760. The molecule has 1 amide bonds. The Hall–Kier alpha value is -2.99. The normalized spacial score (nSPS) is 11.6. The lowest BCUT2D eigenvalue weighted by atomic mass is 10.1. The number of aromatic nitrogens is 1. The van der Waals surface area contributed by atoms with E-state index >= 15 is 0 Å². The van der Waals surface area contributed by atoms with E-state index in [1.165, 1.54) is 11.3 Å². The van der Waals surface area contributed by atoms with Crippen LogP contribution in [0.25, 0.3) is 11.3 Å². The maximum absolute atomic E-state index is 12.2. The number of thiazole rings is 1. The summed E-state index contributed by atoms with van der Waals surface area (Å²) in [4.78, 5) is 28.6. The van der Waals surface area contributed by atoms with Crippen molar-refractivity contribution < 1.29 is 14.3 Å². The minimum Gasteiger partial charge on any atom is -0.452 e. The van der Waals surface area contributed by atoms with Crippen molar-refractivity contribution in [2.24, 2.45) is 0 Å². The number of amides is 1. The van der Waals surface area contributed by atoms with Crippen molar-refractivity contribution in [3.63, 3.8) is 0 Å². The van der Waals surface area contributed by atoms with E-state index in [0.29, 0.717) is 5.13 Å². The highest BCUT2D eigenvalue weighted by Crippen LogP contribution is 2.24. The van der Waals surface area contributed by atoms with E-state index in [0.717, 1.165) is 16.8 Å². The van der Waals surface area contributed by atoms with Crippen LogP contribution in [0.2, 0.25) is 0 Å². The topological polar surface area (TPSA) is 68.3 Å². The van der Waals surface area contributed by atoms with Crippen molar-refractivity contribution in [1.82, 2.24) is 4.98 Å². The maximum Gasteiger partial charge on any atom is 0.311 e. The summed E-state index contributed by atoms with van der Waals surface area (Å²) in [7, 11) is 0. The van der Waals surface area contributed by atoms with Gasteiger partial charge in [0.1, 0.15) is 0 Å². The number of nitrogens with zero attached hydrogens (tertiary/aromatic N) is 1. The third-order valence-corrected chi connectivity index (χ3v) is 4.43. The summed E-state index contributed by atoms with van der Waals surface area (Å²) in [6, 6.07) is 19.0. The molecule has 1 aromatic heterocycles. The fourth-order valence-electron chi connectivity index (χ4n) is 2.33. The van der Waals surface area contributed by atoms with Gasteiger partial charge >= 0.3 is 5.97 Å². The molecule has 5 nitrogen and oxygen atoms in total. The Morgan fingerprint density at radius 3 is 2.42 bits per heavy atom. The van der Waals surface area contributed by atoms with Crippen LogP contribution in [-0.2, 0) is 20.7 Å². The SMILES string of the molecule is CC(OC(=O)Cc1ccccc1)C(=O)Nc1nc(-c2ccccc2)cs1. The summed E-state index contributed by atoms with van der Waals surface area (Å²) in [5.74, 6) is -0.844. The number of rotatable bonds is 6. The first-order valence-electron chi connectivity index (χ1n) is 8.17. The molecule has 132 valence electrons. The van der Waals surface area contributed by atoms with Gasteiger partial charge in [-0.25, -0.2) is 4.98 Å². The molecule has 0 aliphatic rings. The molecule has 1 heterocycles. The van der Waals surface area contributed by atoms with Crippen molar-refractivity contribution in [3.8, 4) is 11.3 Å². The van der Waals surface area contributed by atoms with Crippen molar-refractivity contribution in [2.75, 3.05) is 5.32 Å². The first-order valence-corrected chi connectivity index (χ1v) is 9.05. The van der Waals surface area contributed by atoms with Crippen molar-refractivity contribution in [3.05, 3.63) is 71.6 Å². The molecule has 0 aliphatic carbocycles. The van der Waals surface area contributed by atoms with Gasteiger partial charge in [-0.2, -0.15) is 0 Å². The van der Waals surface area contributed by atoms with Gasteiger partial charge in [0, 0.05) is 10.9 Å². The Morgan fingerprint density at radius 2 is 1.73 bits per heavy atom. The molecule has 3 rings (SSSR count). The second kappa shape index (κ2) is 8.40. The molecule has 0 bridgehead atoms. The van der Waals surface area contributed by atoms with Crippen LogP contribution in [-0.4, -0.2) is 23.0 Å². The minimum atomic E-state index is -0.893. The number of carbonyl (C=O) groups is 2. The van der Waals surface area contributed by atoms with Crippen LogP contribution >= 0.6 is 11.3 Å². The third kappa shape index (κ3) is 4.77. The number of nitrogens with one attached hydrogen (secondary N) is 1. The Labute approximate surface area is 155 Å². The molecule has 0 spiro atoms. The lowest BCUT2D eigenvalue weighted by molar-refractivity contribution is -0.152. The molecule has 0 aliphatic heterocycles. The van der Waals surface area contributed by atoms with Crippen LogP contribution in [0.3, 0.4) is 0 Å². The summed E-state index contributed by atoms with van der Waals surface area (Å²) in [6.45, 7) is 1.55. The zero-order valence-electron chi connectivity index (χ0n) is 14.2. The highest BCUT2D eigenvalue weighted by Gasteiger charge is 2.19. The molecular formula is C20H18N2O3S. The summed E-state index contributed by atoms with van der Waals surface area (Å²) in [5, 5.41) is 5.04. The van der Waals surface area contributed by atoms with Gasteiger partial charge in [0.15, 0.2) is 11.2 Å². The molecule has 0 saturated heterocycles. The van der Waals surface area contributed by atoms with Gasteiger partial charge in [-0.1, -0.05) is 60.7 Å². The largest absolute Gasteiger partial charge is 0.452 e. The van der Waals surface area contributed by atoms with Gasteiger partial charge in [0.2, 0.25) is 0 Å². The Morgan fingerprint density at radius 1 is 1.08 bits per heavy atom. The molecule has 3 aromatic rings. The first-order chi connectivity index (χ1) is 12.6. The average molecular weight is 366 g/mol. The molecule has 0 saturated carbocycles. The van der Waals surface area contributed by atoms with Gasteiger partial charge in [0.25, 0.3) is 5.91 Å². The zero-order chi connectivity index (χ0) is 18.4. The molecule has 0 radical (unpaired) electrons. The van der Waals surface area contributed by atoms with E-state index in [1.807, 2.05) is 66.0 Å². The molecule has 2 aromatic carbocycles. The van der Waals surface area contributed by atoms with Crippen molar-refractivity contribution in [2.45, 2.75) is 19.4 Å². The second-order valence-electron chi connectivity index (χ2n) is 5.69. The molecule has 26 heavy (non-hydrogen) atoms. The predicted molar refractivity (Wildman–Crippen MR) is 102 cm³/mol. The highest BCUT2D eigenvalue weighted by molar-refractivity contribution is 7.14. The monoisotopic (exact) mass is 366 g/mol. The van der Waals surface area contributed by atoms with Gasteiger partial charge in [0.05, 0.1) is 12.1 Å². The molecule has 6 heteroatoms. The maximum atomic E-state index is 12.2. The number of anilines is 1. The quantitative estimate of drug-likeness (QED) is 0.671. The number of ether oxygens (including phenoxy) is 1. The van der Waals surface area contributed by atoms with E-state index in [9.17, 15) is 9.59 Å². The molecular weight excluding hydrogens is 348 g/mol. The number of benzene rings is 2. The van der Waals surface area contributed by atoms with Crippen LogP contribution in [0.5, 0.6) is 0 Å². The number of hydrogen-bond donors (Lipinski definition) is 1. The van der Waals surface area contributed by atoms with Gasteiger partial charge in [-0.05, 0) is 12.5 Å². The third-order valence-electron chi connectivity index (χ3n) is 3.67. The molecule has 1 N–H and O–H groups in total. The number of carbonyl (C=O) groups excluding carboxylic acids is 2. The van der Waals surface area contributed by atoms with Gasteiger partial charge in [-0.15, -0.1) is 11.3 Å². The molecule has 1 atom stereocenters. The highest BCUT2D eigenvalue weighted by atomic mass is 32.1.